The number of aromatic nitrogens is 2. The number of nitrogens with zero attached hydrogens (tertiary/aromatic N) is 2. The van der Waals surface area contributed by atoms with Gasteiger partial charge in [0.15, 0.2) is 11.5 Å². The van der Waals surface area contributed by atoms with Crippen molar-refractivity contribution in [3.05, 3.63) is 59.5 Å². The Balaban J connectivity index is 1.52. The van der Waals surface area contributed by atoms with Gasteiger partial charge in [0, 0.05) is 12.5 Å². The molecule has 0 radical (unpaired) electrons. The molecule has 0 unspecified atom stereocenters. The van der Waals surface area contributed by atoms with Gasteiger partial charge in [0.1, 0.15) is 0 Å². The van der Waals surface area contributed by atoms with E-state index in [1.807, 2.05) is 54.6 Å². The average Bonchev–Trinajstić information content (AvgIpc) is 3.21. The number of aryl methyl sites for hydroxylation is 1. The quantitative estimate of drug-likeness (QED) is 0.686. The highest BCUT2D eigenvalue weighted by molar-refractivity contribution is 5.72. The summed E-state index contributed by atoms with van der Waals surface area (Å²) in [5, 5.41) is 7.85. The van der Waals surface area contributed by atoms with E-state index in [-0.39, 0.29) is 0 Å². The van der Waals surface area contributed by atoms with Crippen LogP contribution in [0.25, 0.3) is 23.6 Å². The van der Waals surface area contributed by atoms with Crippen LogP contribution in [0, 0.1) is 6.92 Å². The lowest BCUT2D eigenvalue weighted by Gasteiger charge is -1.99. The van der Waals surface area contributed by atoms with Crippen LogP contribution in [0.3, 0.4) is 0 Å². The van der Waals surface area contributed by atoms with E-state index in [0.717, 1.165) is 28.2 Å². The van der Waals surface area contributed by atoms with Crippen LogP contribution in [0.5, 0.6) is 11.5 Å². The van der Waals surface area contributed by atoms with Gasteiger partial charge in [0.05, 0.1) is 0 Å². The van der Waals surface area contributed by atoms with E-state index in [9.17, 15) is 0 Å². The zero-order chi connectivity index (χ0) is 15.6. The molecule has 2 aromatic carbocycles. The van der Waals surface area contributed by atoms with Crippen LogP contribution in [-0.2, 0) is 0 Å². The molecule has 0 bridgehead atoms. The average molecular weight is 306 g/mol. The molecule has 0 spiro atoms. The molecule has 1 aliphatic heterocycles. The van der Waals surface area contributed by atoms with Crippen molar-refractivity contribution in [2.75, 3.05) is 6.79 Å². The lowest BCUT2D eigenvalue weighted by atomic mass is 10.1. The minimum atomic E-state index is 0.291. The summed E-state index contributed by atoms with van der Waals surface area (Å²) in [5.74, 6) is 2.68. The largest absolute Gasteiger partial charge is 0.454 e. The summed E-state index contributed by atoms with van der Waals surface area (Å²) >= 11 is 0. The lowest BCUT2D eigenvalue weighted by molar-refractivity contribution is 0.174. The van der Waals surface area contributed by atoms with E-state index in [2.05, 4.69) is 10.2 Å². The summed E-state index contributed by atoms with van der Waals surface area (Å²) in [7, 11) is 0. The van der Waals surface area contributed by atoms with Gasteiger partial charge in [-0.3, -0.25) is 0 Å². The van der Waals surface area contributed by atoms with Crippen molar-refractivity contribution in [3.8, 4) is 23.0 Å². The van der Waals surface area contributed by atoms with Gasteiger partial charge in [-0.1, -0.05) is 30.4 Å². The van der Waals surface area contributed by atoms with Crippen molar-refractivity contribution in [1.29, 1.82) is 0 Å². The molecule has 0 saturated carbocycles. The van der Waals surface area contributed by atoms with Gasteiger partial charge >= 0.3 is 0 Å². The summed E-state index contributed by atoms with van der Waals surface area (Å²) in [6.45, 7) is 2.07. The van der Waals surface area contributed by atoms with Crippen LogP contribution in [0.15, 0.2) is 46.9 Å². The Morgan fingerprint density at radius 1 is 0.870 bits per heavy atom. The molecule has 5 nitrogen and oxygen atoms in total. The van der Waals surface area contributed by atoms with Crippen molar-refractivity contribution in [2.45, 2.75) is 6.92 Å². The fraction of sp³-hybridized carbons (Fsp3) is 0.111. The van der Waals surface area contributed by atoms with E-state index in [1.165, 1.54) is 0 Å². The molecule has 1 aliphatic rings. The molecule has 0 fully saturated rings. The maximum Gasteiger partial charge on any atom is 0.247 e. The second-order valence-corrected chi connectivity index (χ2v) is 5.19. The van der Waals surface area contributed by atoms with Gasteiger partial charge in [0.25, 0.3) is 0 Å². The molecule has 5 heteroatoms. The van der Waals surface area contributed by atoms with Crippen LogP contribution in [0.4, 0.5) is 0 Å². The van der Waals surface area contributed by atoms with E-state index >= 15 is 0 Å². The highest BCUT2D eigenvalue weighted by atomic mass is 16.7. The van der Waals surface area contributed by atoms with Gasteiger partial charge in [-0.05, 0) is 35.4 Å². The molecule has 3 aromatic rings. The fourth-order valence-corrected chi connectivity index (χ4v) is 2.36. The summed E-state index contributed by atoms with van der Waals surface area (Å²) in [6.07, 6.45) is 4.08. The number of hydrogen-bond acceptors (Lipinski definition) is 5. The van der Waals surface area contributed by atoms with Crippen LogP contribution in [0.1, 0.15) is 17.0 Å². The molecule has 0 aliphatic carbocycles. The van der Waals surface area contributed by atoms with Gasteiger partial charge in [-0.15, -0.1) is 10.2 Å². The Morgan fingerprint density at radius 2 is 1.61 bits per heavy atom. The number of fused-ring (bicyclic) bond motifs is 1. The van der Waals surface area contributed by atoms with Gasteiger partial charge in [0.2, 0.25) is 18.6 Å². The zero-order valence-corrected chi connectivity index (χ0v) is 12.5. The van der Waals surface area contributed by atoms with Crippen LogP contribution in [0.2, 0.25) is 0 Å². The number of hydrogen-bond donors (Lipinski definition) is 0. The van der Waals surface area contributed by atoms with Gasteiger partial charge < -0.3 is 13.9 Å². The normalized spacial score (nSPS) is 12.9. The monoisotopic (exact) mass is 306 g/mol. The van der Waals surface area contributed by atoms with Gasteiger partial charge in [-0.25, -0.2) is 0 Å². The highest BCUT2D eigenvalue weighted by Crippen LogP contribution is 2.33. The Hall–Kier alpha value is -3.08. The lowest BCUT2D eigenvalue weighted by Crippen LogP contribution is -1.92. The number of ether oxygens (including phenoxy) is 2. The first-order valence-corrected chi connectivity index (χ1v) is 7.26. The minimum absolute atomic E-state index is 0.291. The van der Waals surface area contributed by atoms with E-state index in [0.29, 0.717) is 18.6 Å². The summed E-state index contributed by atoms with van der Waals surface area (Å²) < 4.78 is 16.1. The molecule has 0 atom stereocenters. The number of rotatable bonds is 3. The zero-order valence-electron chi connectivity index (χ0n) is 12.5. The van der Waals surface area contributed by atoms with Gasteiger partial charge in [-0.2, -0.15) is 0 Å². The maximum absolute atomic E-state index is 5.42. The van der Waals surface area contributed by atoms with Crippen LogP contribution in [-0.4, -0.2) is 17.0 Å². The molecule has 2 heterocycles. The third kappa shape index (κ3) is 2.81. The van der Waals surface area contributed by atoms with Crippen LogP contribution < -0.4 is 9.47 Å². The van der Waals surface area contributed by atoms with Crippen molar-refractivity contribution in [2.24, 2.45) is 0 Å². The predicted molar refractivity (Wildman–Crippen MR) is 86.0 cm³/mol. The molecule has 4 rings (SSSR count). The standard InChI is InChI=1S/C18H14N2O3/c1-12-19-20-18(23-12)15-7-4-13(5-8-15)2-3-14-6-9-16-17(10-14)22-11-21-16/h2-10H,11H2,1H3/b3-2+. The Kier molecular flexibility index (Phi) is 3.31. The molecular weight excluding hydrogens is 292 g/mol. The molecule has 23 heavy (non-hydrogen) atoms. The van der Waals surface area contributed by atoms with Crippen molar-refractivity contribution >= 4 is 12.2 Å². The Labute approximate surface area is 133 Å². The number of benzene rings is 2. The van der Waals surface area contributed by atoms with E-state index in [4.69, 9.17) is 13.9 Å². The van der Waals surface area contributed by atoms with E-state index < -0.39 is 0 Å². The first kappa shape index (κ1) is 13.6. The van der Waals surface area contributed by atoms with Crippen molar-refractivity contribution in [1.82, 2.24) is 10.2 Å². The fourth-order valence-electron chi connectivity index (χ4n) is 2.36. The third-order valence-electron chi connectivity index (χ3n) is 3.55. The molecule has 0 saturated heterocycles. The Bertz CT molecular complexity index is 866. The summed E-state index contributed by atoms with van der Waals surface area (Å²) in [4.78, 5) is 0. The van der Waals surface area contributed by atoms with Crippen molar-refractivity contribution < 1.29 is 13.9 Å². The SMILES string of the molecule is Cc1nnc(-c2ccc(/C=C/c3ccc4c(c3)OCO4)cc2)o1. The minimum Gasteiger partial charge on any atom is -0.454 e. The topological polar surface area (TPSA) is 57.4 Å². The summed E-state index contributed by atoms with van der Waals surface area (Å²) in [6, 6.07) is 13.8. The molecule has 0 amide bonds. The smallest absolute Gasteiger partial charge is 0.247 e. The highest BCUT2D eigenvalue weighted by Gasteiger charge is 2.12. The molecule has 0 N–H and O–H groups in total. The molecule has 114 valence electrons. The predicted octanol–water partition coefficient (Wildman–Crippen LogP) is 3.94. The maximum atomic E-state index is 5.42. The first-order valence-electron chi connectivity index (χ1n) is 7.26. The molecular formula is C18H14N2O3. The Morgan fingerprint density at radius 3 is 2.39 bits per heavy atom. The van der Waals surface area contributed by atoms with E-state index in [1.54, 1.807) is 6.92 Å². The second-order valence-electron chi connectivity index (χ2n) is 5.19. The first-order chi connectivity index (χ1) is 11.3. The third-order valence-corrected chi connectivity index (χ3v) is 3.55. The summed E-state index contributed by atoms with van der Waals surface area (Å²) in [5.41, 5.74) is 3.05. The van der Waals surface area contributed by atoms with Crippen molar-refractivity contribution in [3.63, 3.8) is 0 Å². The second kappa shape index (κ2) is 5.61. The van der Waals surface area contributed by atoms with Crippen LogP contribution >= 0.6 is 0 Å². The molecule has 1 aromatic heterocycles.